The zero-order valence-corrected chi connectivity index (χ0v) is 18.0. The lowest BCUT2D eigenvalue weighted by Crippen LogP contribution is -1.90. The highest BCUT2D eigenvalue weighted by Gasteiger charge is 2.13. The fourth-order valence-corrected chi connectivity index (χ4v) is 3.44. The van der Waals surface area contributed by atoms with Crippen LogP contribution in [0.25, 0.3) is 55.5 Å². The van der Waals surface area contributed by atoms with Gasteiger partial charge in [-0.2, -0.15) is 0 Å². The Morgan fingerprint density at radius 1 is 0.912 bits per heavy atom. The van der Waals surface area contributed by atoms with E-state index in [0.717, 1.165) is 22.2 Å². The summed E-state index contributed by atoms with van der Waals surface area (Å²) in [6.07, 6.45) is 6.15. The van der Waals surface area contributed by atoms with Crippen molar-refractivity contribution in [2.75, 3.05) is 0 Å². The van der Waals surface area contributed by atoms with E-state index in [1.165, 1.54) is 12.2 Å². The van der Waals surface area contributed by atoms with Crippen LogP contribution < -0.4 is 0 Å². The highest BCUT2D eigenvalue weighted by molar-refractivity contribution is 5.89. The number of furan rings is 2. The molecule has 4 aromatic rings. The van der Waals surface area contributed by atoms with Crippen LogP contribution in [0.2, 0.25) is 0 Å². The second-order valence-corrected chi connectivity index (χ2v) is 7.15. The van der Waals surface area contributed by atoms with Crippen LogP contribution in [0.5, 0.6) is 0 Å². The molecule has 0 atom stereocenters. The zero-order valence-electron chi connectivity index (χ0n) is 18.0. The minimum Gasteiger partial charge on any atom is -0.457 e. The summed E-state index contributed by atoms with van der Waals surface area (Å²) in [6, 6.07) is 18.9. The maximum atomic E-state index is 8.94. The van der Waals surface area contributed by atoms with Crippen molar-refractivity contribution in [3.8, 4) is 34.9 Å². The average molecular weight is 441 g/mol. The molecule has 7 heteroatoms. The number of rotatable bonds is 5. The first-order chi connectivity index (χ1) is 16.6. The number of nitriles is 2. The largest absolute Gasteiger partial charge is 0.457 e. The van der Waals surface area contributed by atoms with Gasteiger partial charge < -0.3 is 13.4 Å². The molecule has 0 fully saturated rings. The molecule has 160 valence electrons. The Morgan fingerprint density at radius 3 is 2.35 bits per heavy atom. The predicted molar refractivity (Wildman–Crippen MR) is 128 cm³/mol. The topological polar surface area (TPSA) is 87.5 Å². The number of hydrogen-bond acceptors (Lipinski definition) is 4. The maximum absolute atomic E-state index is 8.94. The molecule has 0 spiro atoms. The van der Waals surface area contributed by atoms with Crippen molar-refractivity contribution in [2.45, 2.75) is 0 Å². The van der Waals surface area contributed by atoms with Crippen LogP contribution in [0.1, 0.15) is 11.5 Å². The summed E-state index contributed by atoms with van der Waals surface area (Å²) in [4.78, 5) is 6.26. The van der Waals surface area contributed by atoms with E-state index in [1.807, 2.05) is 66.2 Å². The molecule has 7 nitrogen and oxygen atoms in total. The molecule has 1 aromatic carbocycles. The molecule has 34 heavy (non-hydrogen) atoms. The number of aromatic nitrogens is 1. The van der Waals surface area contributed by atoms with E-state index < -0.39 is 0 Å². The Labute approximate surface area is 195 Å². The van der Waals surface area contributed by atoms with Crippen molar-refractivity contribution in [2.24, 2.45) is 7.05 Å². The lowest BCUT2D eigenvalue weighted by Gasteiger charge is -2.03. The number of hydrogen-bond donors (Lipinski definition) is 0. The molecule has 0 unspecified atom stereocenters. The van der Waals surface area contributed by atoms with E-state index in [2.05, 4.69) is 9.69 Å². The van der Waals surface area contributed by atoms with Crippen LogP contribution in [0.4, 0.5) is 0 Å². The predicted octanol–water partition coefficient (Wildman–Crippen LogP) is 6.82. The minimum absolute atomic E-state index is 0.00425. The highest BCUT2D eigenvalue weighted by atomic mass is 16.3. The van der Waals surface area contributed by atoms with Crippen molar-refractivity contribution in [3.63, 3.8) is 0 Å². The van der Waals surface area contributed by atoms with Crippen LogP contribution in [-0.2, 0) is 7.05 Å². The van der Waals surface area contributed by atoms with Crippen molar-refractivity contribution in [3.05, 3.63) is 106 Å². The zero-order chi connectivity index (χ0) is 24.1. The Morgan fingerprint density at radius 2 is 1.62 bits per heavy atom. The van der Waals surface area contributed by atoms with Gasteiger partial charge in [0.15, 0.2) is 5.76 Å². The molecule has 0 saturated carbocycles. The van der Waals surface area contributed by atoms with E-state index in [-0.39, 0.29) is 11.4 Å². The molecule has 0 amide bonds. The van der Waals surface area contributed by atoms with Gasteiger partial charge in [-0.1, -0.05) is 18.2 Å². The summed E-state index contributed by atoms with van der Waals surface area (Å²) in [5.74, 6) is 2.36. The fourth-order valence-electron chi connectivity index (χ4n) is 3.44. The van der Waals surface area contributed by atoms with Gasteiger partial charge in [0.1, 0.15) is 17.3 Å². The summed E-state index contributed by atoms with van der Waals surface area (Å²) in [7, 11) is 1.94. The summed E-state index contributed by atoms with van der Waals surface area (Å²) < 4.78 is 13.7. The van der Waals surface area contributed by atoms with Crippen LogP contribution in [0.15, 0.2) is 80.9 Å². The lowest BCUT2D eigenvalue weighted by atomic mass is 10.1. The summed E-state index contributed by atoms with van der Waals surface area (Å²) in [5, 5.41) is 18.8. The second-order valence-electron chi connectivity index (χ2n) is 7.15. The van der Waals surface area contributed by atoms with E-state index in [1.54, 1.807) is 18.2 Å². The molecule has 0 N–H and O–H groups in total. The van der Waals surface area contributed by atoms with Crippen molar-refractivity contribution < 1.29 is 8.83 Å². The first-order valence-corrected chi connectivity index (χ1v) is 10.0. The first-order valence-electron chi connectivity index (χ1n) is 10.0. The smallest absolute Gasteiger partial charge is 0.265 e. The standard InChI is InChI=1S/C27H15N5O2/c1-30-20(16-28)5-4-6-22-9-11-26(33-22)19-8-7-18-13-25(32(3)24(18)14-19)27-12-10-23(34-27)15-21(17-29)31-2/h4-15H,3H3/b6-4+,20-5-,21-15+. The third-order valence-electron chi connectivity index (χ3n) is 5.10. The summed E-state index contributed by atoms with van der Waals surface area (Å²) >= 11 is 0. The fraction of sp³-hybridized carbons (Fsp3) is 0.0370. The Balaban J connectivity index is 1.64. The maximum Gasteiger partial charge on any atom is 0.265 e. The van der Waals surface area contributed by atoms with Crippen LogP contribution in [0, 0.1) is 35.8 Å². The highest BCUT2D eigenvalue weighted by Crippen LogP contribution is 2.32. The molecule has 0 radical (unpaired) electrons. The minimum atomic E-state index is -0.0387. The summed E-state index contributed by atoms with van der Waals surface area (Å²) in [5.41, 5.74) is 2.70. The molecule has 3 aromatic heterocycles. The van der Waals surface area contributed by atoms with Crippen molar-refractivity contribution >= 4 is 23.1 Å². The van der Waals surface area contributed by atoms with Gasteiger partial charge in [0.05, 0.1) is 31.0 Å². The molecule has 0 bridgehead atoms. The second kappa shape index (κ2) is 9.33. The van der Waals surface area contributed by atoms with Gasteiger partial charge in [-0.3, -0.25) is 0 Å². The van der Waals surface area contributed by atoms with E-state index in [9.17, 15) is 0 Å². The van der Waals surface area contributed by atoms with Gasteiger partial charge in [-0.25, -0.2) is 20.2 Å². The molecular formula is C27H15N5O2. The Hall–Kier alpha value is -5.50. The lowest BCUT2D eigenvalue weighted by molar-refractivity contribution is 0.567. The van der Waals surface area contributed by atoms with Gasteiger partial charge in [0, 0.05) is 23.5 Å². The molecular weight excluding hydrogens is 426 g/mol. The van der Waals surface area contributed by atoms with E-state index in [4.69, 9.17) is 32.5 Å². The molecule has 0 aliphatic rings. The van der Waals surface area contributed by atoms with E-state index in [0.29, 0.717) is 23.0 Å². The van der Waals surface area contributed by atoms with Crippen LogP contribution in [0.3, 0.4) is 0 Å². The molecule has 0 aliphatic heterocycles. The van der Waals surface area contributed by atoms with Gasteiger partial charge in [-0.05, 0) is 54.6 Å². The van der Waals surface area contributed by atoms with E-state index >= 15 is 0 Å². The molecule has 0 saturated heterocycles. The van der Waals surface area contributed by atoms with Gasteiger partial charge in [0.2, 0.25) is 0 Å². The third-order valence-corrected chi connectivity index (χ3v) is 5.10. The van der Waals surface area contributed by atoms with Gasteiger partial charge in [-0.15, -0.1) is 0 Å². The average Bonchev–Trinajstić information content (AvgIpc) is 3.59. The number of aryl methyl sites for hydroxylation is 1. The Bertz CT molecular complexity index is 1630. The normalized spacial score (nSPS) is 11.8. The van der Waals surface area contributed by atoms with Gasteiger partial charge in [0.25, 0.3) is 11.4 Å². The van der Waals surface area contributed by atoms with Gasteiger partial charge >= 0.3 is 0 Å². The molecule has 3 heterocycles. The first kappa shape index (κ1) is 21.7. The van der Waals surface area contributed by atoms with Crippen molar-refractivity contribution in [1.82, 2.24) is 4.57 Å². The monoisotopic (exact) mass is 441 g/mol. The van der Waals surface area contributed by atoms with Crippen molar-refractivity contribution in [1.29, 1.82) is 10.5 Å². The third kappa shape index (κ3) is 4.27. The van der Waals surface area contributed by atoms with Crippen LogP contribution >= 0.6 is 0 Å². The number of benzene rings is 1. The number of allylic oxidation sites excluding steroid dienone is 4. The number of fused-ring (bicyclic) bond motifs is 1. The molecule has 4 rings (SSSR count). The Kier molecular flexibility index (Phi) is 5.96. The quantitative estimate of drug-likeness (QED) is 0.193. The van der Waals surface area contributed by atoms with Crippen LogP contribution in [-0.4, -0.2) is 4.57 Å². The SMILES string of the molecule is [C-]#[N+]/C(C#N)=C\C=C\c1ccc(-c2ccc3cc(-c4ccc(/C=C(\C#N)[N+]#[C-])o4)n(C)c3c2)o1. The summed E-state index contributed by atoms with van der Waals surface area (Å²) in [6.45, 7) is 13.9. The molecule has 0 aliphatic carbocycles. The number of nitrogens with zero attached hydrogens (tertiary/aromatic N) is 5.